The van der Waals surface area contributed by atoms with Crippen molar-refractivity contribution in [1.29, 1.82) is 0 Å². The first-order valence-electron chi connectivity index (χ1n) is 14.3. The van der Waals surface area contributed by atoms with Gasteiger partial charge in [0.25, 0.3) is 11.8 Å². The highest BCUT2D eigenvalue weighted by Gasteiger charge is 2.37. The number of carbonyl (C=O) groups is 4. The van der Waals surface area contributed by atoms with Crippen LogP contribution >= 0.6 is 0 Å². The fourth-order valence-corrected chi connectivity index (χ4v) is 4.75. The number of nitrogens with one attached hydrogen (secondary N) is 4. The van der Waals surface area contributed by atoms with E-state index in [4.69, 9.17) is 4.65 Å². The van der Waals surface area contributed by atoms with Gasteiger partial charge in [0.05, 0.1) is 24.3 Å². The molecule has 0 saturated heterocycles. The monoisotopic (exact) mass is 656 g/mol. The molecule has 4 amide bonds. The van der Waals surface area contributed by atoms with Gasteiger partial charge in [0.15, 0.2) is 0 Å². The SMILES string of the molecule is Bc1cc(C(=O)N[C@@H](CNC(=O)c2cc3c(c(C(F)(F)F)c2)COB3)C(=O)NCCC(=O)NCCCC)cc(C(F)(F)F)c1CO. The van der Waals surface area contributed by atoms with Crippen LogP contribution in [0.15, 0.2) is 24.3 Å². The van der Waals surface area contributed by atoms with Crippen LogP contribution in [-0.4, -0.2) is 69.7 Å². The van der Waals surface area contributed by atoms with Crippen LogP contribution in [0, 0.1) is 0 Å². The van der Waals surface area contributed by atoms with Crippen LogP contribution in [0.4, 0.5) is 26.3 Å². The Morgan fingerprint density at radius 3 is 2.22 bits per heavy atom. The molecular weight excluding hydrogens is 624 g/mol. The normalized spacial score (nSPS) is 13.3. The fourth-order valence-electron chi connectivity index (χ4n) is 4.75. The third kappa shape index (κ3) is 9.48. The highest BCUT2D eigenvalue weighted by Crippen LogP contribution is 2.34. The van der Waals surface area contributed by atoms with E-state index in [1.807, 2.05) is 6.92 Å². The smallest absolute Gasteiger partial charge is 0.416 e. The van der Waals surface area contributed by atoms with Crippen LogP contribution in [-0.2, 0) is 39.8 Å². The summed E-state index contributed by atoms with van der Waals surface area (Å²) in [7, 11) is 1.10. The molecule has 0 spiro atoms. The second-order valence-electron chi connectivity index (χ2n) is 10.6. The van der Waals surface area contributed by atoms with E-state index >= 15 is 0 Å². The molecule has 0 aromatic heterocycles. The second kappa shape index (κ2) is 15.5. The number of hydrogen-bond donors (Lipinski definition) is 5. The van der Waals surface area contributed by atoms with Crippen molar-refractivity contribution < 1.29 is 55.3 Å². The predicted octanol–water partition coefficient (Wildman–Crippen LogP) is -0.0671. The number of fused-ring (bicyclic) bond motifs is 1. The number of alkyl halides is 6. The topological polar surface area (TPSA) is 146 Å². The number of carbonyl (C=O) groups excluding carboxylic acids is 4. The first-order valence-corrected chi connectivity index (χ1v) is 14.3. The molecule has 248 valence electrons. The minimum atomic E-state index is -4.92. The molecule has 0 radical (unpaired) electrons. The molecular formula is C28H32B2F6N4O6. The van der Waals surface area contributed by atoms with Crippen molar-refractivity contribution in [1.82, 2.24) is 21.3 Å². The standard InChI is InChI=1S/C28H32B2F6N4O6/c1-2-3-5-37-23(42)4-6-38-26(45)22(40-25(44)14-7-18(27(31,32)33)16(12-41)20(29)9-14)11-39-24(43)15-8-19(28(34,35)36)17-13-46-30-21(17)10-15/h7-10,22,30,41H,2-6,11-13,29H2,1H3,(H,37,42)(H,38,45)(H,39,43)(H,40,44)/t22-/m0/s1. The van der Waals surface area contributed by atoms with Gasteiger partial charge in [0, 0.05) is 37.2 Å². The summed E-state index contributed by atoms with van der Waals surface area (Å²) in [6.07, 6.45) is -8.27. The van der Waals surface area contributed by atoms with Crippen LogP contribution in [0.5, 0.6) is 0 Å². The molecule has 5 N–H and O–H groups in total. The lowest BCUT2D eigenvalue weighted by atomic mass is 9.83. The first-order chi connectivity index (χ1) is 21.6. The summed E-state index contributed by atoms with van der Waals surface area (Å²) in [5.74, 6) is -3.46. The van der Waals surface area contributed by atoms with Crippen LogP contribution in [0.1, 0.15) is 69.2 Å². The Labute approximate surface area is 261 Å². The zero-order chi connectivity index (χ0) is 34.2. The van der Waals surface area contributed by atoms with Gasteiger partial charge in [-0.1, -0.05) is 30.9 Å². The Balaban J connectivity index is 1.82. The molecule has 0 saturated carbocycles. The fraction of sp³-hybridized carbons (Fsp3) is 0.429. The predicted molar refractivity (Wildman–Crippen MR) is 158 cm³/mol. The number of aliphatic hydroxyl groups is 1. The molecule has 46 heavy (non-hydrogen) atoms. The van der Waals surface area contributed by atoms with E-state index < -0.39 is 77.1 Å². The Kier molecular flexibility index (Phi) is 12.3. The maximum absolute atomic E-state index is 13.7. The molecule has 1 aliphatic heterocycles. The molecule has 0 fully saturated rings. The average Bonchev–Trinajstić information content (AvgIpc) is 3.46. The molecule has 10 nitrogen and oxygen atoms in total. The Bertz CT molecular complexity index is 1470. The molecule has 1 atom stereocenters. The van der Waals surface area contributed by atoms with Crippen molar-refractivity contribution in [3.63, 3.8) is 0 Å². The van der Waals surface area contributed by atoms with Gasteiger partial charge in [-0.25, -0.2) is 0 Å². The van der Waals surface area contributed by atoms with Gasteiger partial charge >= 0.3 is 19.8 Å². The van der Waals surface area contributed by atoms with Crippen molar-refractivity contribution in [2.75, 3.05) is 19.6 Å². The van der Waals surface area contributed by atoms with Crippen molar-refractivity contribution in [2.24, 2.45) is 0 Å². The van der Waals surface area contributed by atoms with Crippen molar-refractivity contribution in [3.05, 3.63) is 57.6 Å². The Morgan fingerprint density at radius 2 is 1.59 bits per heavy atom. The number of aliphatic hydroxyl groups excluding tert-OH is 1. The number of halogens is 6. The summed E-state index contributed by atoms with van der Waals surface area (Å²) in [6.45, 7) is 0.253. The molecule has 1 aliphatic rings. The molecule has 0 bridgehead atoms. The van der Waals surface area contributed by atoms with E-state index in [1.165, 1.54) is 13.9 Å². The highest BCUT2D eigenvalue weighted by atomic mass is 19.4. The van der Waals surface area contributed by atoms with Gasteiger partial charge in [-0.2, -0.15) is 26.3 Å². The first kappa shape index (κ1) is 36.4. The number of rotatable bonds is 13. The van der Waals surface area contributed by atoms with Crippen molar-refractivity contribution in [2.45, 2.75) is 57.8 Å². The van der Waals surface area contributed by atoms with E-state index in [9.17, 15) is 50.6 Å². The van der Waals surface area contributed by atoms with Gasteiger partial charge in [-0.3, -0.25) is 19.2 Å². The number of amides is 4. The summed E-state index contributed by atoms with van der Waals surface area (Å²) >= 11 is 0. The summed E-state index contributed by atoms with van der Waals surface area (Å²) in [6, 6.07) is 1.81. The van der Waals surface area contributed by atoms with E-state index in [2.05, 4.69) is 21.3 Å². The van der Waals surface area contributed by atoms with E-state index in [0.717, 1.165) is 18.9 Å². The Hall–Kier alpha value is -4.05. The lowest BCUT2D eigenvalue weighted by molar-refractivity contribution is -0.139. The van der Waals surface area contributed by atoms with Crippen LogP contribution in [0.25, 0.3) is 0 Å². The maximum Gasteiger partial charge on any atom is 0.416 e. The van der Waals surface area contributed by atoms with Crippen LogP contribution in [0.3, 0.4) is 0 Å². The number of unbranched alkanes of at least 4 members (excludes halogenated alkanes) is 1. The van der Waals surface area contributed by atoms with Crippen molar-refractivity contribution in [3.8, 4) is 0 Å². The molecule has 2 aromatic rings. The third-order valence-corrected chi connectivity index (χ3v) is 7.20. The molecule has 1 heterocycles. The minimum Gasteiger partial charge on any atom is -0.430 e. The largest absolute Gasteiger partial charge is 0.430 e. The molecule has 18 heteroatoms. The van der Waals surface area contributed by atoms with Gasteiger partial charge < -0.3 is 31.0 Å². The number of benzene rings is 2. The second-order valence-corrected chi connectivity index (χ2v) is 10.6. The average molecular weight is 656 g/mol. The molecule has 0 aliphatic carbocycles. The minimum absolute atomic E-state index is 0.0491. The van der Waals surface area contributed by atoms with E-state index in [-0.39, 0.29) is 49.5 Å². The van der Waals surface area contributed by atoms with Gasteiger partial charge in [0.2, 0.25) is 11.8 Å². The van der Waals surface area contributed by atoms with Gasteiger partial charge in [0.1, 0.15) is 13.9 Å². The summed E-state index contributed by atoms with van der Waals surface area (Å²) in [5, 5.41) is 19.0. The summed E-state index contributed by atoms with van der Waals surface area (Å²) in [4.78, 5) is 51.1. The molecule has 0 unspecified atom stereocenters. The number of hydrogen-bond acceptors (Lipinski definition) is 6. The zero-order valence-electron chi connectivity index (χ0n) is 25.0. The Morgan fingerprint density at radius 1 is 0.935 bits per heavy atom. The lowest BCUT2D eigenvalue weighted by Crippen LogP contribution is -2.53. The maximum atomic E-state index is 13.7. The summed E-state index contributed by atoms with van der Waals surface area (Å²) < 4.78 is 87.0. The van der Waals surface area contributed by atoms with Crippen molar-refractivity contribution >= 4 is 49.9 Å². The third-order valence-electron chi connectivity index (χ3n) is 7.20. The van der Waals surface area contributed by atoms with Crippen LogP contribution < -0.4 is 32.2 Å². The van der Waals surface area contributed by atoms with Gasteiger partial charge in [-0.05, 0) is 35.1 Å². The van der Waals surface area contributed by atoms with Crippen LogP contribution in [0.2, 0.25) is 0 Å². The summed E-state index contributed by atoms with van der Waals surface area (Å²) in [5.41, 5.74) is -3.66. The molecule has 3 rings (SSSR count). The molecule has 2 aromatic carbocycles. The van der Waals surface area contributed by atoms with E-state index in [1.54, 1.807) is 0 Å². The lowest BCUT2D eigenvalue weighted by Gasteiger charge is -2.21. The van der Waals surface area contributed by atoms with Gasteiger partial charge in [-0.15, -0.1) is 0 Å². The highest BCUT2D eigenvalue weighted by molar-refractivity contribution is 6.49. The quantitative estimate of drug-likeness (QED) is 0.116. The van der Waals surface area contributed by atoms with E-state index in [0.29, 0.717) is 18.7 Å². The zero-order valence-corrected chi connectivity index (χ0v) is 25.0.